The minimum atomic E-state index is -0.0865. The van der Waals surface area contributed by atoms with Crippen LogP contribution in [0.25, 0.3) is 75.5 Å². The summed E-state index contributed by atoms with van der Waals surface area (Å²) in [4.78, 5) is 2.43. The van der Waals surface area contributed by atoms with Crippen molar-refractivity contribution < 1.29 is 0 Å². The molecule has 0 radical (unpaired) electrons. The summed E-state index contributed by atoms with van der Waals surface area (Å²) >= 11 is 1.87. The smallest absolute Gasteiger partial charge is 0.0476 e. The standard InChI is InChI=1S/C55H39NS/c1-55(2)51-16-7-5-14-47(51)48-30-28-45(34-52(48)55)56(46-29-31-50-49-15-6-8-17-53(49)57-54(50)35-46)44-26-24-38(25-27-44)37-18-20-39(21-19-37)41-12-9-13-42(32-41)43-23-22-36-10-3-4-11-40(36)33-43/h3-35H,1-2H3. The van der Waals surface area contributed by atoms with Crippen LogP contribution in [0.4, 0.5) is 17.1 Å². The molecule has 1 aliphatic rings. The SMILES string of the molecule is CC1(C)c2ccccc2-c2ccc(N(c3ccc(-c4ccc(-c5cccc(-c6ccc7ccccc7c6)c5)cc4)cc3)c3ccc4c(c3)sc3ccccc34)cc21. The molecule has 57 heavy (non-hydrogen) atoms. The molecular weight excluding hydrogens is 707 g/mol. The summed E-state index contributed by atoms with van der Waals surface area (Å²) in [5.41, 5.74) is 16.1. The summed E-state index contributed by atoms with van der Waals surface area (Å²) in [5.74, 6) is 0. The molecule has 270 valence electrons. The molecule has 0 bridgehead atoms. The van der Waals surface area contributed by atoms with E-state index < -0.39 is 0 Å². The van der Waals surface area contributed by atoms with Gasteiger partial charge in [0, 0.05) is 42.6 Å². The predicted molar refractivity (Wildman–Crippen MR) is 245 cm³/mol. The van der Waals surface area contributed by atoms with Crippen molar-refractivity contribution in [3.8, 4) is 44.5 Å². The second-order valence-corrected chi connectivity index (χ2v) is 16.9. The first kappa shape index (κ1) is 33.6. The molecule has 0 spiro atoms. The first-order chi connectivity index (χ1) is 28.0. The summed E-state index contributed by atoms with van der Waals surface area (Å²) in [7, 11) is 0. The highest BCUT2D eigenvalue weighted by Gasteiger charge is 2.35. The number of rotatable bonds is 6. The van der Waals surface area contributed by atoms with Gasteiger partial charge < -0.3 is 4.90 Å². The van der Waals surface area contributed by atoms with Gasteiger partial charge in [0.05, 0.1) is 0 Å². The van der Waals surface area contributed by atoms with Gasteiger partial charge in [-0.3, -0.25) is 0 Å². The van der Waals surface area contributed by atoms with Gasteiger partial charge in [0.2, 0.25) is 0 Å². The van der Waals surface area contributed by atoms with Gasteiger partial charge in [0.25, 0.3) is 0 Å². The molecule has 0 unspecified atom stereocenters. The summed E-state index contributed by atoms with van der Waals surface area (Å²) in [6.45, 7) is 4.72. The van der Waals surface area contributed by atoms with E-state index in [2.05, 4.69) is 219 Å². The highest BCUT2D eigenvalue weighted by molar-refractivity contribution is 7.25. The maximum absolute atomic E-state index is 2.43. The molecule has 11 rings (SSSR count). The van der Waals surface area contributed by atoms with Crippen LogP contribution in [-0.4, -0.2) is 0 Å². The van der Waals surface area contributed by atoms with Crippen molar-refractivity contribution in [3.05, 3.63) is 211 Å². The average Bonchev–Trinajstić information content (AvgIpc) is 3.75. The number of benzene rings is 9. The Morgan fingerprint density at radius 2 is 0.912 bits per heavy atom. The molecular formula is C55H39NS. The van der Waals surface area contributed by atoms with Crippen LogP contribution in [0.2, 0.25) is 0 Å². The van der Waals surface area contributed by atoms with E-state index >= 15 is 0 Å². The van der Waals surface area contributed by atoms with Crippen LogP contribution in [0, 0.1) is 0 Å². The fraction of sp³-hybridized carbons (Fsp3) is 0.0545. The number of nitrogens with zero attached hydrogens (tertiary/aromatic N) is 1. The van der Waals surface area contributed by atoms with Crippen molar-refractivity contribution in [2.45, 2.75) is 19.3 Å². The molecule has 0 atom stereocenters. The Kier molecular flexibility index (Phi) is 7.77. The van der Waals surface area contributed by atoms with E-state index in [1.807, 2.05) is 11.3 Å². The number of hydrogen-bond acceptors (Lipinski definition) is 2. The van der Waals surface area contributed by atoms with Crippen molar-refractivity contribution in [1.29, 1.82) is 0 Å². The van der Waals surface area contributed by atoms with Gasteiger partial charge in [-0.1, -0.05) is 159 Å². The van der Waals surface area contributed by atoms with Crippen molar-refractivity contribution in [3.63, 3.8) is 0 Å². The van der Waals surface area contributed by atoms with Gasteiger partial charge in [-0.15, -0.1) is 11.3 Å². The number of thiophene rings is 1. The van der Waals surface area contributed by atoms with Gasteiger partial charge in [-0.25, -0.2) is 0 Å². The molecule has 0 fully saturated rings. The monoisotopic (exact) mass is 745 g/mol. The zero-order chi connectivity index (χ0) is 38.1. The molecule has 2 heteroatoms. The van der Waals surface area contributed by atoms with E-state index in [4.69, 9.17) is 0 Å². The van der Waals surface area contributed by atoms with E-state index in [0.29, 0.717) is 0 Å². The van der Waals surface area contributed by atoms with E-state index in [1.54, 1.807) is 0 Å². The van der Waals surface area contributed by atoms with Gasteiger partial charge in [0.15, 0.2) is 0 Å². The molecule has 1 nitrogen and oxygen atoms in total. The summed E-state index contributed by atoms with van der Waals surface area (Å²) in [6, 6.07) is 73.9. The van der Waals surface area contributed by atoms with Crippen LogP contribution < -0.4 is 4.90 Å². The highest BCUT2D eigenvalue weighted by atomic mass is 32.1. The van der Waals surface area contributed by atoms with Gasteiger partial charge in [-0.2, -0.15) is 0 Å². The minimum absolute atomic E-state index is 0.0865. The van der Waals surface area contributed by atoms with E-state index in [-0.39, 0.29) is 5.41 Å². The van der Waals surface area contributed by atoms with Crippen LogP contribution in [-0.2, 0) is 5.41 Å². The quantitative estimate of drug-likeness (QED) is 0.164. The Balaban J connectivity index is 0.941. The summed E-state index contributed by atoms with van der Waals surface area (Å²) in [5, 5.41) is 5.16. The largest absolute Gasteiger partial charge is 0.310 e. The first-order valence-corrected chi connectivity index (χ1v) is 20.6. The average molecular weight is 746 g/mol. The summed E-state index contributed by atoms with van der Waals surface area (Å²) < 4.78 is 2.62. The zero-order valence-electron chi connectivity index (χ0n) is 31.9. The van der Waals surface area contributed by atoms with E-state index in [1.165, 1.54) is 86.6 Å². The Bertz CT molecular complexity index is 3150. The lowest BCUT2D eigenvalue weighted by molar-refractivity contribution is 0.660. The third-order valence-electron chi connectivity index (χ3n) is 12.1. The number of fused-ring (bicyclic) bond motifs is 7. The van der Waals surface area contributed by atoms with E-state index in [9.17, 15) is 0 Å². The van der Waals surface area contributed by atoms with Crippen molar-refractivity contribution in [2.75, 3.05) is 4.90 Å². The molecule has 1 aromatic heterocycles. The zero-order valence-corrected chi connectivity index (χ0v) is 32.7. The van der Waals surface area contributed by atoms with Gasteiger partial charge in [0.1, 0.15) is 0 Å². The molecule has 0 saturated heterocycles. The molecule has 0 saturated carbocycles. The molecule has 1 aliphatic carbocycles. The second kappa shape index (κ2) is 13.2. The van der Waals surface area contributed by atoms with Crippen molar-refractivity contribution >= 4 is 59.3 Å². The fourth-order valence-corrected chi connectivity index (χ4v) is 10.2. The lowest BCUT2D eigenvalue weighted by Crippen LogP contribution is -2.16. The van der Waals surface area contributed by atoms with Crippen LogP contribution in [0.5, 0.6) is 0 Å². The van der Waals surface area contributed by atoms with Crippen LogP contribution in [0.1, 0.15) is 25.0 Å². The lowest BCUT2D eigenvalue weighted by Gasteiger charge is -2.28. The summed E-state index contributed by atoms with van der Waals surface area (Å²) in [6.07, 6.45) is 0. The molecule has 0 amide bonds. The lowest BCUT2D eigenvalue weighted by atomic mass is 9.82. The highest BCUT2D eigenvalue weighted by Crippen LogP contribution is 2.51. The Labute approximate surface area is 337 Å². The molecule has 10 aromatic rings. The molecule has 9 aromatic carbocycles. The number of anilines is 3. The third kappa shape index (κ3) is 5.67. The maximum atomic E-state index is 2.43. The molecule has 1 heterocycles. The minimum Gasteiger partial charge on any atom is -0.310 e. The first-order valence-electron chi connectivity index (χ1n) is 19.7. The van der Waals surface area contributed by atoms with Crippen LogP contribution in [0.15, 0.2) is 200 Å². The topological polar surface area (TPSA) is 3.24 Å². The maximum Gasteiger partial charge on any atom is 0.0476 e. The Hall–Kier alpha value is -6.74. The van der Waals surface area contributed by atoms with Gasteiger partial charge >= 0.3 is 0 Å². The van der Waals surface area contributed by atoms with Crippen molar-refractivity contribution in [2.24, 2.45) is 0 Å². The molecule has 0 N–H and O–H groups in total. The van der Waals surface area contributed by atoms with Crippen LogP contribution >= 0.6 is 11.3 Å². The van der Waals surface area contributed by atoms with Gasteiger partial charge in [-0.05, 0) is 121 Å². The third-order valence-corrected chi connectivity index (χ3v) is 13.2. The Morgan fingerprint density at radius 1 is 0.351 bits per heavy atom. The predicted octanol–water partition coefficient (Wildman–Crippen LogP) is 16.0. The van der Waals surface area contributed by atoms with E-state index in [0.717, 1.165) is 17.1 Å². The number of hydrogen-bond donors (Lipinski definition) is 0. The normalized spacial score (nSPS) is 12.9. The fourth-order valence-electron chi connectivity index (χ4n) is 9.04. The molecule has 0 aliphatic heterocycles. The van der Waals surface area contributed by atoms with Crippen LogP contribution in [0.3, 0.4) is 0 Å². The Morgan fingerprint density at radius 3 is 1.74 bits per heavy atom. The second-order valence-electron chi connectivity index (χ2n) is 15.8. The van der Waals surface area contributed by atoms with Crippen molar-refractivity contribution in [1.82, 2.24) is 0 Å².